The minimum Gasteiger partial charge on any atom is -0.512 e. The normalized spacial score (nSPS) is 12.4. The monoisotopic (exact) mass is 578 g/mol. The van der Waals surface area contributed by atoms with Crippen LogP contribution in [0.15, 0.2) is 81.2 Å². The van der Waals surface area contributed by atoms with Gasteiger partial charge in [0.25, 0.3) is 11.8 Å². The fourth-order valence-electron chi connectivity index (χ4n) is 3.35. The highest BCUT2D eigenvalue weighted by molar-refractivity contribution is 6.17. The van der Waals surface area contributed by atoms with Crippen molar-refractivity contribution in [1.29, 1.82) is 0 Å². The number of benzene rings is 2. The molecule has 0 aliphatic heterocycles. The van der Waals surface area contributed by atoms with E-state index in [0.29, 0.717) is 11.4 Å². The molecule has 0 heterocycles. The van der Waals surface area contributed by atoms with Crippen molar-refractivity contribution in [2.24, 2.45) is 9.98 Å². The van der Waals surface area contributed by atoms with E-state index in [1.54, 1.807) is 38.1 Å². The zero-order chi connectivity index (χ0) is 31.1. The second-order valence-electron chi connectivity index (χ2n) is 8.70. The number of alkyl carbamates (subject to hydrolysis) is 2. The van der Waals surface area contributed by atoms with Gasteiger partial charge in [0.05, 0.1) is 35.7 Å². The molecule has 222 valence electrons. The predicted octanol–water partition coefficient (Wildman–Crippen LogP) is 5.09. The number of hydrogen-bond acceptors (Lipinski definition) is 10. The average molecular weight is 579 g/mol. The van der Waals surface area contributed by atoms with Crippen LogP contribution in [0.2, 0.25) is 0 Å². The molecule has 0 unspecified atom stereocenters. The largest absolute Gasteiger partial charge is 0.512 e. The van der Waals surface area contributed by atoms with Crippen LogP contribution >= 0.6 is 0 Å². The molecule has 0 radical (unpaired) electrons. The van der Waals surface area contributed by atoms with Gasteiger partial charge in [0, 0.05) is 12.4 Å². The Bertz CT molecular complexity index is 1280. The molecule has 0 spiro atoms. The molecule has 0 aliphatic rings. The zero-order valence-electron chi connectivity index (χ0n) is 23.8. The Hall–Kier alpha value is -5.26. The van der Waals surface area contributed by atoms with Gasteiger partial charge < -0.3 is 19.7 Å². The summed E-state index contributed by atoms with van der Waals surface area (Å²) in [7, 11) is 0. The summed E-state index contributed by atoms with van der Waals surface area (Å²) in [6, 6.07) is 14.6. The van der Waals surface area contributed by atoms with Gasteiger partial charge in [-0.2, -0.15) is 0 Å². The minimum absolute atomic E-state index is 0.0997. The maximum absolute atomic E-state index is 12.2. The number of carbonyl (C=O) groups is 4. The summed E-state index contributed by atoms with van der Waals surface area (Å²) in [5.74, 6) is -2.25. The molecule has 12 nitrogen and oxygen atoms in total. The molecular weight excluding hydrogens is 544 g/mol. The van der Waals surface area contributed by atoms with Gasteiger partial charge in [0.2, 0.25) is 0 Å². The van der Waals surface area contributed by atoms with Crippen LogP contribution in [-0.4, -0.2) is 59.9 Å². The van der Waals surface area contributed by atoms with Gasteiger partial charge in [-0.1, -0.05) is 24.3 Å². The first-order chi connectivity index (χ1) is 20.0. The number of nitrogens with one attached hydrogen (secondary N) is 2. The van der Waals surface area contributed by atoms with Crippen LogP contribution in [0, 0.1) is 0 Å². The molecule has 0 aliphatic carbocycles. The number of hydrogen-bond donors (Lipinski definition) is 4. The van der Waals surface area contributed by atoms with Gasteiger partial charge in [-0.25, -0.2) is 9.59 Å². The fraction of sp³-hybridized carbons (Fsp3) is 0.267. The molecular formula is C30H34N4O8. The van der Waals surface area contributed by atoms with Crippen LogP contribution in [-0.2, 0) is 31.9 Å². The summed E-state index contributed by atoms with van der Waals surface area (Å²) >= 11 is 0. The van der Waals surface area contributed by atoms with Crippen molar-refractivity contribution in [3.05, 3.63) is 82.3 Å². The predicted molar refractivity (Wildman–Crippen MR) is 158 cm³/mol. The number of ether oxygens (including phenoxy) is 2. The lowest BCUT2D eigenvalue weighted by molar-refractivity contribution is -0.117. The molecule has 12 heteroatoms. The molecule has 42 heavy (non-hydrogen) atoms. The summed E-state index contributed by atoms with van der Waals surface area (Å²) in [5, 5.41) is 23.6. The van der Waals surface area contributed by atoms with Gasteiger partial charge in [0.15, 0.2) is 0 Å². The molecule has 0 aromatic heterocycles. The van der Waals surface area contributed by atoms with E-state index in [9.17, 15) is 29.4 Å². The maximum atomic E-state index is 12.2. The molecule has 0 fully saturated rings. The van der Waals surface area contributed by atoms with Crippen molar-refractivity contribution in [3.8, 4) is 0 Å². The fourth-order valence-corrected chi connectivity index (χ4v) is 3.35. The second-order valence-corrected chi connectivity index (χ2v) is 8.70. The third-order valence-corrected chi connectivity index (χ3v) is 5.51. The Morgan fingerprint density at radius 2 is 1.00 bits per heavy atom. The van der Waals surface area contributed by atoms with Gasteiger partial charge >= 0.3 is 12.2 Å². The van der Waals surface area contributed by atoms with Crippen molar-refractivity contribution >= 4 is 47.8 Å². The number of aliphatic hydroxyl groups is 2. The smallest absolute Gasteiger partial charge is 0.414 e. The Morgan fingerprint density at radius 1 is 0.667 bits per heavy atom. The maximum Gasteiger partial charge on any atom is 0.414 e. The lowest BCUT2D eigenvalue weighted by Gasteiger charge is -2.06. The van der Waals surface area contributed by atoms with Crippen molar-refractivity contribution in [1.82, 2.24) is 10.6 Å². The van der Waals surface area contributed by atoms with Crippen LogP contribution in [0.25, 0.3) is 0 Å². The molecule has 0 saturated carbocycles. The lowest BCUT2D eigenvalue weighted by Crippen LogP contribution is -2.33. The Labute approximate surface area is 243 Å². The number of aryl methyl sites for hydroxylation is 2. The Balaban J connectivity index is 1.96. The molecule has 0 saturated heterocycles. The van der Waals surface area contributed by atoms with Crippen molar-refractivity contribution in [3.63, 3.8) is 0 Å². The van der Waals surface area contributed by atoms with E-state index in [1.807, 2.05) is 34.9 Å². The van der Waals surface area contributed by atoms with Gasteiger partial charge in [-0.15, -0.1) is 0 Å². The second kappa shape index (κ2) is 16.8. The molecule has 2 rings (SSSR count). The van der Waals surface area contributed by atoms with Gasteiger partial charge in [0.1, 0.15) is 11.5 Å². The van der Waals surface area contributed by atoms with E-state index in [4.69, 9.17) is 0 Å². The van der Waals surface area contributed by atoms with E-state index in [1.165, 1.54) is 26.3 Å². The average Bonchev–Trinajstić information content (AvgIpc) is 2.93. The van der Waals surface area contributed by atoms with E-state index in [-0.39, 0.29) is 35.9 Å². The first-order valence-electron chi connectivity index (χ1n) is 13.1. The summed E-state index contributed by atoms with van der Waals surface area (Å²) < 4.78 is 9.34. The van der Waals surface area contributed by atoms with E-state index in [0.717, 1.165) is 24.0 Å². The van der Waals surface area contributed by atoms with Crippen LogP contribution in [0.3, 0.4) is 0 Å². The number of imide groups is 2. The van der Waals surface area contributed by atoms with E-state index >= 15 is 0 Å². The molecule has 0 bridgehead atoms. The number of rotatable bonds is 11. The minimum atomic E-state index is -0.915. The number of aliphatic imine (C=N–C) groups is 2. The summed E-state index contributed by atoms with van der Waals surface area (Å²) in [6.45, 7) is 6.03. The summed E-state index contributed by atoms with van der Waals surface area (Å²) in [5.41, 5.74) is 2.85. The molecule has 0 atom stereocenters. The number of amides is 4. The first kappa shape index (κ1) is 32.9. The summed E-state index contributed by atoms with van der Waals surface area (Å²) in [6.07, 6.45) is 2.00. The van der Waals surface area contributed by atoms with Gasteiger partial charge in [-0.05, 0) is 75.9 Å². The zero-order valence-corrected chi connectivity index (χ0v) is 23.8. The highest BCUT2D eigenvalue weighted by Gasteiger charge is 2.16. The van der Waals surface area contributed by atoms with E-state index < -0.39 is 24.0 Å². The van der Waals surface area contributed by atoms with Crippen LogP contribution in [0.5, 0.6) is 0 Å². The Morgan fingerprint density at radius 3 is 1.29 bits per heavy atom. The molecule has 2 aromatic rings. The topological polar surface area (TPSA) is 176 Å². The lowest BCUT2D eigenvalue weighted by atomic mass is 10.0. The highest BCUT2D eigenvalue weighted by Crippen LogP contribution is 2.18. The SMILES string of the molecule is CCOC(=O)NC(=O)/C(C=Nc1ccc(CCc2ccc(N=C/C(C(=O)NC(=O)OCC)=C(/C)O)cc2)cc1)=C(\C)O. The van der Waals surface area contributed by atoms with Crippen LogP contribution < -0.4 is 10.6 Å². The van der Waals surface area contributed by atoms with Gasteiger partial charge in [-0.3, -0.25) is 30.2 Å². The standard InChI is InChI=1S/C30H34N4O8/c1-5-41-29(39)33-27(37)25(19(3)35)17-31-23-13-9-21(10-14-23)7-8-22-11-15-24(16-12-22)32-18-26(20(4)36)28(38)34-30(40)42-6-2/h9-18,35-36H,5-8H2,1-4H3,(H,33,37,39)(H,34,38,40)/b25-19+,26-20+,31-17?,32-18?. The van der Waals surface area contributed by atoms with Crippen molar-refractivity contribution in [2.75, 3.05) is 13.2 Å². The highest BCUT2D eigenvalue weighted by atomic mass is 16.6. The van der Waals surface area contributed by atoms with Crippen molar-refractivity contribution < 1.29 is 38.9 Å². The Kier molecular flexibility index (Phi) is 13.1. The molecule has 2 aromatic carbocycles. The third kappa shape index (κ3) is 11.1. The number of nitrogens with zero attached hydrogens (tertiary/aromatic N) is 2. The van der Waals surface area contributed by atoms with Crippen LogP contribution in [0.4, 0.5) is 21.0 Å². The number of allylic oxidation sites excluding steroid dienone is 2. The molecule has 4 N–H and O–H groups in total. The third-order valence-electron chi connectivity index (χ3n) is 5.51. The van der Waals surface area contributed by atoms with E-state index in [2.05, 4.69) is 19.5 Å². The quantitative estimate of drug-likeness (QED) is 0.162. The molecule has 4 amide bonds. The van der Waals surface area contributed by atoms with Crippen molar-refractivity contribution in [2.45, 2.75) is 40.5 Å². The van der Waals surface area contributed by atoms with Crippen LogP contribution in [0.1, 0.15) is 38.8 Å². The number of aliphatic hydroxyl groups excluding tert-OH is 2. The number of carbonyl (C=O) groups excluding carboxylic acids is 4. The first-order valence-corrected chi connectivity index (χ1v) is 13.1. The summed E-state index contributed by atoms with van der Waals surface area (Å²) in [4.78, 5) is 55.7.